The summed E-state index contributed by atoms with van der Waals surface area (Å²) in [6, 6.07) is 6.06. The van der Waals surface area contributed by atoms with Crippen molar-refractivity contribution in [2.45, 2.75) is 25.7 Å². The van der Waals surface area contributed by atoms with Crippen LogP contribution in [0, 0.1) is 10.1 Å². The van der Waals surface area contributed by atoms with E-state index in [2.05, 4.69) is 10.5 Å². The summed E-state index contributed by atoms with van der Waals surface area (Å²) in [6.07, 6.45) is 6.70. The second-order valence-electron chi connectivity index (χ2n) is 5.32. The second kappa shape index (κ2) is 6.43. The lowest BCUT2D eigenvalue weighted by atomic mass is 9.98. The molecule has 1 aromatic heterocycles. The van der Waals surface area contributed by atoms with Gasteiger partial charge >= 0.3 is 0 Å². The Balaban J connectivity index is 1.68. The van der Waals surface area contributed by atoms with Crippen LogP contribution in [-0.2, 0) is 17.6 Å². The molecule has 0 bridgehead atoms. The van der Waals surface area contributed by atoms with Gasteiger partial charge in [-0.3, -0.25) is 20.2 Å². The largest absolute Gasteiger partial charge is 0.338 e. The molecule has 0 aliphatic heterocycles. The number of aromatic nitrogens is 1. The Morgan fingerprint density at radius 3 is 3.00 bits per heavy atom. The van der Waals surface area contributed by atoms with Crippen LogP contribution < -0.4 is 5.32 Å². The Kier molecular flexibility index (Phi) is 4.18. The molecule has 23 heavy (non-hydrogen) atoms. The lowest BCUT2D eigenvalue weighted by Crippen LogP contribution is -2.10. The van der Waals surface area contributed by atoms with Crippen LogP contribution in [0.15, 0.2) is 34.9 Å². The first kappa shape index (κ1) is 15.0. The third-order valence-electron chi connectivity index (χ3n) is 3.70. The average molecular weight is 313 g/mol. The number of non-ortho nitro benzene ring substituents is 1. The molecule has 0 radical (unpaired) electrons. The summed E-state index contributed by atoms with van der Waals surface area (Å²) < 4.78 is 5.19. The van der Waals surface area contributed by atoms with Gasteiger partial charge in [0.05, 0.1) is 10.6 Å². The minimum absolute atomic E-state index is 0.0168. The lowest BCUT2D eigenvalue weighted by Gasteiger charge is -2.08. The maximum atomic E-state index is 12.0. The molecule has 0 atom stereocenters. The third-order valence-corrected chi connectivity index (χ3v) is 3.70. The minimum Gasteiger partial charge on any atom is -0.338 e. The fourth-order valence-electron chi connectivity index (χ4n) is 2.56. The van der Waals surface area contributed by atoms with Crippen LogP contribution in [-0.4, -0.2) is 16.0 Å². The molecular weight excluding hydrogens is 298 g/mol. The number of rotatable bonds is 4. The van der Waals surface area contributed by atoms with E-state index in [9.17, 15) is 14.9 Å². The molecule has 0 fully saturated rings. The second-order valence-corrected chi connectivity index (χ2v) is 5.32. The van der Waals surface area contributed by atoms with Gasteiger partial charge in [0.1, 0.15) is 0 Å². The van der Waals surface area contributed by atoms with Crippen molar-refractivity contribution in [1.82, 2.24) is 5.16 Å². The molecule has 7 heteroatoms. The Labute approximate surface area is 132 Å². The summed E-state index contributed by atoms with van der Waals surface area (Å²) in [5, 5.41) is 17.4. The highest BCUT2D eigenvalue weighted by Gasteiger charge is 2.20. The van der Waals surface area contributed by atoms with E-state index in [0.717, 1.165) is 36.9 Å². The van der Waals surface area contributed by atoms with Crippen LogP contribution >= 0.6 is 0 Å². The molecule has 7 nitrogen and oxygen atoms in total. The van der Waals surface area contributed by atoms with E-state index in [4.69, 9.17) is 4.52 Å². The van der Waals surface area contributed by atoms with Gasteiger partial charge in [-0.25, -0.2) is 0 Å². The van der Waals surface area contributed by atoms with Crippen molar-refractivity contribution in [2.24, 2.45) is 0 Å². The highest BCUT2D eigenvalue weighted by Crippen LogP contribution is 2.27. The van der Waals surface area contributed by atoms with Crippen LogP contribution in [0.4, 0.5) is 11.6 Å². The van der Waals surface area contributed by atoms with Gasteiger partial charge in [-0.15, -0.1) is 0 Å². The Morgan fingerprint density at radius 2 is 2.17 bits per heavy atom. The quantitative estimate of drug-likeness (QED) is 0.531. The normalized spacial score (nSPS) is 13.7. The predicted molar refractivity (Wildman–Crippen MR) is 83.9 cm³/mol. The zero-order chi connectivity index (χ0) is 16.2. The molecule has 3 rings (SSSR count). The maximum Gasteiger partial charge on any atom is 0.270 e. The number of nitro groups is 1. The number of aryl methyl sites for hydroxylation is 1. The summed E-state index contributed by atoms with van der Waals surface area (Å²) in [5.74, 6) is 0.0365. The van der Waals surface area contributed by atoms with Crippen LogP contribution in [0.3, 0.4) is 0 Å². The minimum atomic E-state index is -0.474. The molecule has 1 aliphatic rings. The molecule has 0 unspecified atom stereocenters. The van der Waals surface area contributed by atoms with Crippen LogP contribution in [0.2, 0.25) is 0 Å². The van der Waals surface area contributed by atoms with Crippen molar-refractivity contribution in [3.05, 3.63) is 57.3 Å². The zero-order valence-corrected chi connectivity index (χ0v) is 12.3. The fraction of sp³-hybridized carbons (Fsp3) is 0.250. The van der Waals surface area contributed by atoms with Gasteiger partial charge in [0, 0.05) is 23.8 Å². The van der Waals surface area contributed by atoms with Crippen LogP contribution in [0.5, 0.6) is 0 Å². The number of hydrogen-bond donors (Lipinski definition) is 1. The topological polar surface area (TPSA) is 98.3 Å². The van der Waals surface area contributed by atoms with E-state index in [1.54, 1.807) is 12.1 Å². The fourth-order valence-corrected chi connectivity index (χ4v) is 2.56. The Morgan fingerprint density at radius 1 is 1.35 bits per heavy atom. The van der Waals surface area contributed by atoms with Crippen molar-refractivity contribution >= 4 is 23.6 Å². The molecule has 1 aliphatic carbocycles. The summed E-state index contributed by atoms with van der Waals surface area (Å²) in [6.45, 7) is 0. The van der Waals surface area contributed by atoms with E-state index in [1.165, 1.54) is 24.3 Å². The first-order valence-corrected chi connectivity index (χ1v) is 7.34. The van der Waals surface area contributed by atoms with Crippen molar-refractivity contribution in [3.63, 3.8) is 0 Å². The molecule has 1 amide bonds. The number of amides is 1. The van der Waals surface area contributed by atoms with E-state index < -0.39 is 4.92 Å². The highest BCUT2D eigenvalue weighted by molar-refractivity contribution is 6.01. The molecule has 0 saturated heterocycles. The summed E-state index contributed by atoms with van der Waals surface area (Å²) in [5.41, 5.74) is 2.44. The van der Waals surface area contributed by atoms with Crippen molar-refractivity contribution in [2.75, 3.05) is 5.32 Å². The average Bonchev–Trinajstić information content (AvgIpc) is 2.96. The number of fused-ring (bicyclic) bond motifs is 1. The van der Waals surface area contributed by atoms with Gasteiger partial charge < -0.3 is 4.52 Å². The lowest BCUT2D eigenvalue weighted by molar-refractivity contribution is -0.384. The molecule has 0 saturated carbocycles. The van der Waals surface area contributed by atoms with E-state index in [-0.39, 0.29) is 11.6 Å². The monoisotopic (exact) mass is 313 g/mol. The van der Waals surface area contributed by atoms with Gasteiger partial charge in [0.15, 0.2) is 0 Å². The van der Waals surface area contributed by atoms with Gasteiger partial charge in [-0.1, -0.05) is 17.3 Å². The molecule has 1 aromatic carbocycles. The number of nitrogens with one attached hydrogen (secondary N) is 1. The predicted octanol–water partition coefficient (Wildman–Crippen LogP) is 3.11. The first-order valence-electron chi connectivity index (χ1n) is 7.34. The number of nitrogens with zero attached hydrogens (tertiary/aromatic N) is 2. The first-order chi connectivity index (χ1) is 11.1. The third kappa shape index (κ3) is 3.45. The van der Waals surface area contributed by atoms with Crippen LogP contribution in [0.1, 0.15) is 29.7 Å². The van der Waals surface area contributed by atoms with Crippen molar-refractivity contribution in [3.8, 4) is 0 Å². The molecule has 1 N–H and O–H groups in total. The Hall–Kier alpha value is -2.96. The van der Waals surface area contributed by atoms with Crippen LogP contribution in [0.25, 0.3) is 6.08 Å². The standard InChI is InChI=1S/C16H15N3O4/c20-15(9-8-11-4-3-5-12(10-11)19(21)22)17-16-13-6-1-2-7-14(13)18-23-16/h3-5,8-10H,1-2,6-7H2,(H,17,20)/b9-8+. The molecular formula is C16H15N3O4. The van der Waals surface area contributed by atoms with Gasteiger partial charge in [0.2, 0.25) is 5.88 Å². The molecule has 2 aromatic rings. The number of hydrogen-bond acceptors (Lipinski definition) is 5. The number of anilines is 1. The van der Waals surface area contributed by atoms with Gasteiger partial charge in [0.25, 0.3) is 11.6 Å². The highest BCUT2D eigenvalue weighted by atomic mass is 16.6. The van der Waals surface area contributed by atoms with E-state index >= 15 is 0 Å². The number of carbonyl (C=O) groups is 1. The van der Waals surface area contributed by atoms with E-state index in [1.807, 2.05) is 0 Å². The maximum absolute atomic E-state index is 12.0. The van der Waals surface area contributed by atoms with Gasteiger partial charge in [-0.05, 0) is 37.3 Å². The summed E-state index contributed by atoms with van der Waals surface area (Å²) >= 11 is 0. The van der Waals surface area contributed by atoms with Crippen molar-refractivity contribution in [1.29, 1.82) is 0 Å². The van der Waals surface area contributed by atoms with Crippen molar-refractivity contribution < 1.29 is 14.2 Å². The van der Waals surface area contributed by atoms with Gasteiger partial charge in [-0.2, -0.15) is 0 Å². The smallest absolute Gasteiger partial charge is 0.270 e. The summed E-state index contributed by atoms with van der Waals surface area (Å²) in [7, 11) is 0. The zero-order valence-electron chi connectivity index (χ0n) is 12.3. The van der Waals surface area contributed by atoms with E-state index in [0.29, 0.717) is 11.4 Å². The number of nitro benzene ring substituents is 1. The Bertz CT molecular complexity index is 779. The molecule has 0 spiro atoms. The number of benzene rings is 1. The molecule has 118 valence electrons. The SMILES string of the molecule is O=C(/C=C/c1cccc([N+](=O)[O-])c1)Nc1onc2c1CCCC2. The molecule has 1 heterocycles. The summed E-state index contributed by atoms with van der Waals surface area (Å²) in [4.78, 5) is 22.2. The number of carbonyl (C=O) groups excluding carboxylic acids is 1.